The van der Waals surface area contributed by atoms with E-state index < -0.39 is 0 Å². The van der Waals surface area contributed by atoms with Gasteiger partial charge in [0, 0.05) is 25.0 Å². The van der Waals surface area contributed by atoms with Gasteiger partial charge in [0.1, 0.15) is 0 Å². The average molecular weight is 249 g/mol. The van der Waals surface area contributed by atoms with Gasteiger partial charge in [-0.3, -0.25) is 9.78 Å². The molecule has 0 aliphatic carbocycles. The van der Waals surface area contributed by atoms with Gasteiger partial charge >= 0.3 is 0 Å². The number of hydrogen-bond donors (Lipinski definition) is 2. The number of aryl methyl sites for hydroxylation is 1. The van der Waals surface area contributed by atoms with Gasteiger partial charge in [-0.05, 0) is 32.3 Å². The molecule has 1 unspecified atom stereocenters. The summed E-state index contributed by atoms with van der Waals surface area (Å²) in [4.78, 5) is 16.3. The number of amides is 1. The van der Waals surface area contributed by atoms with Crippen LogP contribution in [0.25, 0.3) is 0 Å². The van der Waals surface area contributed by atoms with E-state index in [2.05, 4.69) is 29.5 Å². The molecule has 0 bridgehead atoms. The second-order valence-corrected chi connectivity index (χ2v) is 5.13. The summed E-state index contributed by atoms with van der Waals surface area (Å²) in [6, 6.07) is 2.05. The number of carbonyl (C=O) groups excluding carboxylic acids is 1. The number of rotatable bonds is 5. The Kier molecular flexibility index (Phi) is 5.13. The van der Waals surface area contributed by atoms with Crippen LogP contribution in [-0.4, -0.2) is 24.0 Å². The van der Waals surface area contributed by atoms with E-state index in [9.17, 15) is 4.79 Å². The van der Waals surface area contributed by atoms with Gasteiger partial charge in [0.2, 0.25) is 0 Å². The highest BCUT2D eigenvalue weighted by atomic mass is 16.1. The van der Waals surface area contributed by atoms with Crippen LogP contribution < -0.4 is 10.6 Å². The predicted octanol–water partition coefficient (Wildman–Crippen LogP) is 2.60. The van der Waals surface area contributed by atoms with Crippen molar-refractivity contribution in [2.75, 3.05) is 12.4 Å². The molecule has 0 saturated heterocycles. The Morgan fingerprint density at radius 2 is 2.06 bits per heavy atom. The number of nitrogens with one attached hydrogen (secondary N) is 2. The minimum absolute atomic E-state index is 0.0694. The summed E-state index contributed by atoms with van der Waals surface area (Å²) in [5.74, 6) is 0.500. The van der Waals surface area contributed by atoms with Gasteiger partial charge in [-0.1, -0.05) is 13.8 Å². The molecule has 0 aliphatic heterocycles. The van der Waals surface area contributed by atoms with Crippen molar-refractivity contribution in [2.24, 2.45) is 5.92 Å². The van der Waals surface area contributed by atoms with Gasteiger partial charge < -0.3 is 10.6 Å². The monoisotopic (exact) mass is 249 g/mol. The minimum Gasteiger partial charge on any atom is -0.387 e. The third-order valence-electron chi connectivity index (χ3n) is 2.76. The Labute approximate surface area is 109 Å². The number of carbonyl (C=O) groups is 1. The summed E-state index contributed by atoms with van der Waals surface area (Å²) >= 11 is 0. The van der Waals surface area contributed by atoms with Crippen molar-refractivity contribution in [1.29, 1.82) is 0 Å². The maximum absolute atomic E-state index is 12.1. The van der Waals surface area contributed by atoms with Crippen molar-refractivity contribution < 1.29 is 4.79 Å². The fraction of sp³-hybridized carbons (Fsp3) is 0.571. The molecule has 0 radical (unpaired) electrons. The number of aromatic nitrogens is 1. The largest absolute Gasteiger partial charge is 0.387 e. The van der Waals surface area contributed by atoms with Gasteiger partial charge in [-0.25, -0.2) is 0 Å². The third-order valence-corrected chi connectivity index (χ3v) is 2.76. The smallest absolute Gasteiger partial charge is 0.255 e. The van der Waals surface area contributed by atoms with E-state index in [1.54, 1.807) is 6.20 Å². The first-order chi connectivity index (χ1) is 8.43. The lowest BCUT2D eigenvalue weighted by Crippen LogP contribution is -2.34. The molecule has 4 nitrogen and oxygen atoms in total. The topological polar surface area (TPSA) is 54.0 Å². The molecule has 18 heavy (non-hydrogen) atoms. The standard InChI is InChI=1S/C14H23N3O/c1-9(2)6-11(4)17-14(18)12-8-16-10(3)7-13(12)15-5/h7-9,11H,6H2,1-5H3,(H,15,16)(H,17,18). The molecule has 1 aromatic rings. The van der Waals surface area contributed by atoms with Crippen LogP contribution in [0.4, 0.5) is 5.69 Å². The molecule has 0 aromatic carbocycles. The van der Waals surface area contributed by atoms with Crippen molar-refractivity contribution in [1.82, 2.24) is 10.3 Å². The van der Waals surface area contributed by atoms with E-state index in [1.165, 1.54) is 0 Å². The van der Waals surface area contributed by atoms with Crippen LogP contribution in [0.2, 0.25) is 0 Å². The molecular formula is C14H23N3O. The fourth-order valence-corrected chi connectivity index (χ4v) is 2.02. The number of nitrogens with zero attached hydrogens (tertiary/aromatic N) is 1. The number of anilines is 1. The van der Waals surface area contributed by atoms with E-state index in [1.807, 2.05) is 27.0 Å². The Morgan fingerprint density at radius 3 is 2.61 bits per heavy atom. The van der Waals surface area contributed by atoms with Crippen LogP contribution in [0, 0.1) is 12.8 Å². The van der Waals surface area contributed by atoms with Crippen molar-refractivity contribution in [3.63, 3.8) is 0 Å². The Balaban J connectivity index is 2.78. The summed E-state index contributed by atoms with van der Waals surface area (Å²) in [5.41, 5.74) is 2.31. The Hall–Kier alpha value is -1.58. The van der Waals surface area contributed by atoms with E-state index in [0.717, 1.165) is 17.8 Å². The van der Waals surface area contributed by atoms with Crippen molar-refractivity contribution in [2.45, 2.75) is 40.2 Å². The van der Waals surface area contributed by atoms with Crippen molar-refractivity contribution in [3.8, 4) is 0 Å². The van der Waals surface area contributed by atoms with Crippen molar-refractivity contribution >= 4 is 11.6 Å². The average Bonchev–Trinajstić information content (AvgIpc) is 2.27. The molecule has 1 rings (SSSR count). The Bertz CT molecular complexity index is 416. The van der Waals surface area contributed by atoms with E-state index in [-0.39, 0.29) is 11.9 Å². The predicted molar refractivity (Wildman–Crippen MR) is 74.9 cm³/mol. The maximum atomic E-state index is 12.1. The zero-order valence-corrected chi connectivity index (χ0v) is 11.9. The van der Waals surface area contributed by atoms with E-state index in [0.29, 0.717) is 11.5 Å². The molecule has 4 heteroatoms. The molecule has 0 saturated carbocycles. The third kappa shape index (κ3) is 4.02. The second kappa shape index (κ2) is 6.38. The van der Waals surface area contributed by atoms with Crippen LogP contribution in [0.15, 0.2) is 12.3 Å². The zero-order valence-electron chi connectivity index (χ0n) is 11.9. The van der Waals surface area contributed by atoms with Gasteiger partial charge in [-0.15, -0.1) is 0 Å². The lowest BCUT2D eigenvalue weighted by atomic mass is 10.0. The summed E-state index contributed by atoms with van der Waals surface area (Å²) in [7, 11) is 1.81. The lowest BCUT2D eigenvalue weighted by Gasteiger charge is -2.17. The number of hydrogen-bond acceptors (Lipinski definition) is 3. The van der Waals surface area contributed by atoms with Crippen LogP contribution in [0.5, 0.6) is 0 Å². The van der Waals surface area contributed by atoms with Gasteiger partial charge in [-0.2, -0.15) is 0 Å². The summed E-state index contributed by atoms with van der Waals surface area (Å²) < 4.78 is 0. The lowest BCUT2D eigenvalue weighted by molar-refractivity contribution is 0.0936. The highest BCUT2D eigenvalue weighted by Gasteiger charge is 2.14. The van der Waals surface area contributed by atoms with Gasteiger partial charge in [0.25, 0.3) is 5.91 Å². The summed E-state index contributed by atoms with van der Waals surface area (Å²) in [6.07, 6.45) is 2.60. The first-order valence-corrected chi connectivity index (χ1v) is 6.39. The molecule has 2 N–H and O–H groups in total. The van der Waals surface area contributed by atoms with Crippen LogP contribution in [-0.2, 0) is 0 Å². The SMILES string of the molecule is CNc1cc(C)ncc1C(=O)NC(C)CC(C)C. The molecule has 0 spiro atoms. The molecule has 1 amide bonds. The fourth-order valence-electron chi connectivity index (χ4n) is 2.02. The molecule has 1 atom stereocenters. The van der Waals surface area contributed by atoms with Crippen molar-refractivity contribution in [3.05, 3.63) is 23.5 Å². The van der Waals surface area contributed by atoms with Crippen LogP contribution >= 0.6 is 0 Å². The quantitative estimate of drug-likeness (QED) is 0.843. The molecule has 1 aromatic heterocycles. The van der Waals surface area contributed by atoms with Gasteiger partial charge in [0.15, 0.2) is 0 Å². The summed E-state index contributed by atoms with van der Waals surface area (Å²) in [5, 5.41) is 6.03. The molecular weight excluding hydrogens is 226 g/mol. The normalized spacial score (nSPS) is 12.3. The first kappa shape index (κ1) is 14.5. The van der Waals surface area contributed by atoms with E-state index in [4.69, 9.17) is 0 Å². The molecule has 1 heterocycles. The van der Waals surface area contributed by atoms with Crippen LogP contribution in [0.1, 0.15) is 43.2 Å². The minimum atomic E-state index is -0.0694. The molecule has 0 fully saturated rings. The van der Waals surface area contributed by atoms with E-state index >= 15 is 0 Å². The Morgan fingerprint density at radius 1 is 1.39 bits per heavy atom. The second-order valence-electron chi connectivity index (χ2n) is 5.13. The van der Waals surface area contributed by atoms with Gasteiger partial charge in [0.05, 0.1) is 11.3 Å². The molecule has 100 valence electrons. The molecule has 0 aliphatic rings. The zero-order chi connectivity index (χ0) is 13.7. The number of pyridine rings is 1. The summed E-state index contributed by atoms with van der Waals surface area (Å²) in [6.45, 7) is 8.23. The maximum Gasteiger partial charge on any atom is 0.255 e. The highest BCUT2D eigenvalue weighted by Crippen LogP contribution is 2.15. The first-order valence-electron chi connectivity index (χ1n) is 6.39. The van der Waals surface area contributed by atoms with Crippen LogP contribution in [0.3, 0.4) is 0 Å². The highest BCUT2D eigenvalue weighted by molar-refractivity contribution is 5.99.